The molecule has 0 heterocycles. The molecule has 9 heteroatoms. The number of carbonyl (C=O) groups excluding carboxylic acids is 1. The molecule has 0 saturated heterocycles. The summed E-state index contributed by atoms with van der Waals surface area (Å²) >= 11 is 3.08. The van der Waals surface area contributed by atoms with Gasteiger partial charge < -0.3 is 9.84 Å². The molecule has 20 heavy (non-hydrogen) atoms. The first-order chi connectivity index (χ1) is 9.26. The van der Waals surface area contributed by atoms with E-state index in [0.717, 1.165) is 7.11 Å². The van der Waals surface area contributed by atoms with Gasteiger partial charge in [0, 0.05) is 4.47 Å². The Morgan fingerprint density at radius 1 is 1.40 bits per heavy atom. The summed E-state index contributed by atoms with van der Waals surface area (Å²) in [6.07, 6.45) is -0.321. The van der Waals surface area contributed by atoms with Crippen LogP contribution in [0.3, 0.4) is 0 Å². The van der Waals surface area contributed by atoms with E-state index in [4.69, 9.17) is 5.11 Å². The van der Waals surface area contributed by atoms with Crippen molar-refractivity contribution < 1.29 is 27.9 Å². The molecule has 0 aliphatic heterocycles. The zero-order valence-electron chi connectivity index (χ0n) is 10.4. The van der Waals surface area contributed by atoms with Gasteiger partial charge in [-0.2, -0.15) is 0 Å². The highest BCUT2D eigenvalue weighted by Gasteiger charge is 2.19. The number of ether oxygens (including phenoxy) is 1. The highest BCUT2D eigenvalue weighted by Crippen LogP contribution is 2.27. The third kappa shape index (κ3) is 4.49. The number of hydrogen-bond donors (Lipinski definition) is 2. The van der Waals surface area contributed by atoms with E-state index in [1.807, 2.05) is 0 Å². The van der Waals surface area contributed by atoms with Crippen LogP contribution in [0.25, 0.3) is 0 Å². The predicted molar refractivity (Wildman–Crippen MR) is 75.1 cm³/mol. The lowest BCUT2D eigenvalue weighted by Gasteiger charge is -2.11. The van der Waals surface area contributed by atoms with Gasteiger partial charge in [-0.15, -0.1) is 0 Å². The van der Waals surface area contributed by atoms with Crippen molar-refractivity contribution >= 4 is 43.6 Å². The van der Waals surface area contributed by atoms with Gasteiger partial charge in [-0.3, -0.25) is 9.52 Å². The molecule has 0 atom stereocenters. The van der Waals surface area contributed by atoms with Gasteiger partial charge >= 0.3 is 11.9 Å². The topological polar surface area (TPSA) is 110 Å². The molecular weight excluding hydrogens is 354 g/mol. The highest BCUT2D eigenvalue weighted by molar-refractivity contribution is 9.10. The highest BCUT2D eigenvalue weighted by atomic mass is 79.9. The number of nitrogens with one attached hydrogen (secondary N) is 1. The van der Waals surface area contributed by atoms with Crippen LogP contribution in [-0.4, -0.2) is 38.3 Å². The van der Waals surface area contributed by atoms with E-state index in [1.165, 1.54) is 18.2 Å². The molecule has 7 nitrogen and oxygen atoms in total. The van der Waals surface area contributed by atoms with E-state index < -0.39 is 27.7 Å². The number of rotatable bonds is 6. The number of benzene rings is 1. The Labute approximate surface area is 124 Å². The van der Waals surface area contributed by atoms with Crippen molar-refractivity contribution in [2.24, 2.45) is 0 Å². The second kappa shape index (κ2) is 6.71. The smallest absolute Gasteiger partial charge is 0.337 e. The van der Waals surface area contributed by atoms with Crippen molar-refractivity contribution in [1.82, 2.24) is 0 Å². The van der Waals surface area contributed by atoms with Crippen LogP contribution in [0.1, 0.15) is 16.8 Å². The summed E-state index contributed by atoms with van der Waals surface area (Å²) in [7, 11) is -2.71. The monoisotopic (exact) mass is 365 g/mol. The van der Waals surface area contributed by atoms with Gasteiger partial charge in [0.2, 0.25) is 10.0 Å². The molecule has 0 spiro atoms. The lowest BCUT2D eigenvalue weighted by atomic mass is 10.2. The van der Waals surface area contributed by atoms with Crippen molar-refractivity contribution in [2.45, 2.75) is 6.42 Å². The van der Waals surface area contributed by atoms with E-state index in [-0.39, 0.29) is 17.7 Å². The van der Waals surface area contributed by atoms with Gasteiger partial charge in [-0.1, -0.05) is 6.07 Å². The van der Waals surface area contributed by atoms with Gasteiger partial charge in [0.15, 0.2) is 0 Å². The molecule has 0 aliphatic rings. The maximum atomic E-state index is 11.8. The lowest BCUT2D eigenvalue weighted by molar-refractivity contribution is -0.140. The van der Waals surface area contributed by atoms with Crippen molar-refractivity contribution in [2.75, 3.05) is 17.6 Å². The number of hydrogen-bond acceptors (Lipinski definition) is 5. The molecule has 110 valence electrons. The minimum Gasteiger partial charge on any atom is -0.478 e. The number of carbonyl (C=O) groups is 2. The Kier molecular flexibility index (Phi) is 5.52. The first kappa shape index (κ1) is 16.4. The Morgan fingerprint density at radius 2 is 2.05 bits per heavy atom. The van der Waals surface area contributed by atoms with Crippen LogP contribution in [0.2, 0.25) is 0 Å². The summed E-state index contributed by atoms with van der Waals surface area (Å²) in [4.78, 5) is 22.0. The second-order valence-corrected chi connectivity index (χ2v) is 6.41. The molecule has 1 aromatic carbocycles. The number of carboxylic acid groups (broad SMARTS) is 1. The van der Waals surface area contributed by atoms with Crippen LogP contribution in [0.4, 0.5) is 5.69 Å². The molecule has 0 aliphatic carbocycles. The largest absolute Gasteiger partial charge is 0.478 e. The van der Waals surface area contributed by atoms with E-state index in [0.29, 0.717) is 4.47 Å². The van der Waals surface area contributed by atoms with E-state index in [1.54, 1.807) is 0 Å². The van der Waals surface area contributed by atoms with Crippen LogP contribution in [-0.2, 0) is 19.6 Å². The van der Waals surface area contributed by atoms with E-state index in [2.05, 4.69) is 25.4 Å². The normalized spacial score (nSPS) is 10.9. The maximum absolute atomic E-state index is 11.8. The van der Waals surface area contributed by atoms with Crippen molar-refractivity contribution in [1.29, 1.82) is 0 Å². The molecule has 1 aromatic rings. The van der Waals surface area contributed by atoms with Crippen molar-refractivity contribution in [3.05, 3.63) is 28.2 Å². The molecule has 2 N–H and O–H groups in total. The third-order valence-electron chi connectivity index (χ3n) is 2.30. The first-order valence-corrected chi connectivity index (χ1v) is 7.80. The van der Waals surface area contributed by atoms with Crippen LogP contribution >= 0.6 is 15.9 Å². The predicted octanol–water partition coefficient (Wildman–Crippen LogP) is 1.45. The number of halogens is 1. The van der Waals surface area contributed by atoms with Gasteiger partial charge in [0.05, 0.1) is 30.5 Å². The molecule has 0 unspecified atom stereocenters. The van der Waals surface area contributed by atoms with E-state index >= 15 is 0 Å². The van der Waals surface area contributed by atoms with Gasteiger partial charge in [0.1, 0.15) is 0 Å². The summed E-state index contributed by atoms with van der Waals surface area (Å²) in [5.41, 5.74) is -0.272. The Bertz CT molecular complexity index is 628. The molecule has 0 amide bonds. The zero-order chi connectivity index (χ0) is 15.3. The van der Waals surface area contributed by atoms with Crippen LogP contribution in [0.5, 0.6) is 0 Å². The number of sulfonamides is 1. The van der Waals surface area contributed by atoms with Gasteiger partial charge in [-0.05, 0) is 28.1 Å². The fraction of sp³-hybridized carbons (Fsp3) is 0.273. The fourth-order valence-corrected chi connectivity index (χ4v) is 3.00. The molecule has 0 radical (unpaired) electrons. The van der Waals surface area contributed by atoms with Crippen LogP contribution in [0, 0.1) is 0 Å². The Morgan fingerprint density at radius 3 is 2.60 bits per heavy atom. The minimum atomic E-state index is -3.86. The molecule has 0 fully saturated rings. The number of carboxylic acids is 1. The fourth-order valence-electron chi connectivity index (χ4n) is 1.33. The average Bonchev–Trinajstić information content (AvgIpc) is 2.38. The summed E-state index contributed by atoms with van der Waals surface area (Å²) < 4.78 is 30.4. The molecule has 0 bridgehead atoms. The SMILES string of the molecule is COC(=O)CCS(=O)(=O)Nc1c(Br)cccc1C(=O)O. The Balaban J connectivity index is 2.98. The van der Waals surface area contributed by atoms with Crippen LogP contribution < -0.4 is 4.72 Å². The van der Waals surface area contributed by atoms with Crippen molar-refractivity contribution in [3.63, 3.8) is 0 Å². The third-order valence-corrected chi connectivity index (χ3v) is 4.22. The van der Waals surface area contributed by atoms with Gasteiger partial charge in [0.25, 0.3) is 0 Å². The molecule has 1 rings (SSSR count). The molecule has 0 aromatic heterocycles. The first-order valence-electron chi connectivity index (χ1n) is 5.36. The second-order valence-electron chi connectivity index (χ2n) is 3.71. The number of aromatic carboxylic acids is 1. The maximum Gasteiger partial charge on any atom is 0.337 e. The number of anilines is 1. The summed E-state index contributed by atoms with van der Waals surface area (Å²) in [6, 6.07) is 4.25. The summed E-state index contributed by atoms with van der Waals surface area (Å²) in [5, 5.41) is 9.01. The number of methoxy groups -OCH3 is 1. The summed E-state index contributed by atoms with van der Waals surface area (Å²) in [6.45, 7) is 0. The lowest BCUT2D eigenvalue weighted by Crippen LogP contribution is -2.21. The van der Waals surface area contributed by atoms with Gasteiger partial charge in [-0.25, -0.2) is 13.2 Å². The Hall–Kier alpha value is -1.61. The standard InChI is InChI=1S/C11H12BrNO6S/c1-19-9(14)5-6-20(17,18)13-10-7(11(15)16)3-2-4-8(10)12/h2-4,13H,5-6H2,1H3,(H,15,16). The number of esters is 1. The van der Waals surface area contributed by atoms with Crippen LogP contribution in [0.15, 0.2) is 22.7 Å². The van der Waals surface area contributed by atoms with Crippen molar-refractivity contribution in [3.8, 4) is 0 Å². The molecule has 0 saturated carbocycles. The van der Waals surface area contributed by atoms with E-state index in [9.17, 15) is 18.0 Å². The average molecular weight is 366 g/mol. The molecular formula is C11H12BrNO6S. The quantitative estimate of drug-likeness (QED) is 0.738. The zero-order valence-corrected chi connectivity index (χ0v) is 12.8. The minimum absolute atomic E-state index is 0.0788. The number of para-hydroxylation sites is 1. The summed E-state index contributed by atoms with van der Waals surface area (Å²) in [5.74, 6) is -2.43.